The quantitative estimate of drug-likeness (QED) is 0.890. The molecule has 0 aliphatic heterocycles. The summed E-state index contributed by atoms with van der Waals surface area (Å²) in [6, 6.07) is 13.2. The van der Waals surface area contributed by atoms with Gasteiger partial charge in [0.05, 0.1) is 10.5 Å². The lowest BCUT2D eigenvalue weighted by Gasteiger charge is -2.07. The third kappa shape index (κ3) is 2.92. The molecule has 0 bridgehead atoms. The van der Waals surface area contributed by atoms with E-state index in [1.54, 1.807) is 18.2 Å². The van der Waals surface area contributed by atoms with Crippen molar-refractivity contribution < 1.29 is 18.3 Å². The topological polar surface area (TPSA) is 83.5 Å². The van der Waals surface area contributed by atoms with E-state index >= 15 is 0 Å². The number of rotatable bonds is 3. The van der Waals surface area contributed by atoms with E-state index in [2.05, 4.69) is 0 Å². The summed E-state index contributed by atoms with van der Waals surface area (Å²) in [6.07, 6.45) is 0. The maximum absolute atomic E-state index is 11.9. The molecule has 2 rings (SSSR count). The molecular formula is C13H11NO4S. The summed E-state index contributed by atoms with van der Waals surface area (Å²) in [5.74, 6) is -1.15. The van der Waals surface area contributed by atoms with Gasteiger partial charge >= 0.3 is 0 Å². The fourth-order valence-corrected chi connectivity index (χ4v) is 2.49. The number of phenols is 1. The van der Waals surface area contributed by atoms with E-state index in [1.165, 1.54) is 36.4 Å². The maximum Gasteiger partial charge on any atom is 0.268 e. The van der Waals surface area contributed by atoms with Crippen molar-refractivity contribution in [2.24, 2.45) is 0 Å². The molecule has 0 aromatic heterocycles. The highest BCUT2D eigenvalue weighted by Crippen LogP contribution is 2.16. The van der Waals surface area contributed by atoms with Crippen molar-refractivity contribution in [2.45, 2.75) is 4.90 Å². The highest BCUT2D eigenvalue weighted by Gasteiger charge is 2.19. The molecule has 0 radical (unpaired) electrons. The summed E-state index contributed by atoms with van der Waals surface area (Å²) < 4.78 is 25.7. The second-order valence-corrected chi connectivity index (χ2v) is 5.45. The molecule has 0 atom stereocenters. The first-order valence-corrected chi connectivity index (χ1v) is 6.89. The third-order valence-corrected chi connectivity index (χ3v) is 3.78. The van der Waals surface area contributed by atoms with Crippen LogP contribution in [0.4, 0.5) is 0 Å². The van der Waals surface area contributed by atoms with Crippen molar-refractivity contribution in [1.82, 2.24) is 4.72 Å². The average Bonchev–Trinajstić information content (AvgIpc) is 2.39. The highest BCUT2D eigenvalue weighted by atomic mass is 32.2. The number of carbonyl (C=O) groups is 1. The summed E-state index contributed by atoms with van der Waals surface area (Å²) in [5.41, 5.74) is -0.0954. The Morgan fingerprint density at radius 1 is 0.947 bits per heavy atom. The van der Waals surface area contributed by atoms with Crippen LogP contribution in [0.3, 0.4) is 0 Å². The summed E-state index contributed by atoms with van der Waals surface area (Å²) in [5, 5.41) is 9.49. The largest absolute Gasteiger partial charge is 0.507 e. The van der Waals surface area contributed by atoms with Crippen molar-refractivity contribution in [2.75, 3.05) is 0 Å². The molecule has 2 N–H and O–H groups in total. The fraction of sp³-hybridized carbons (Fsp3) is 0. The monoisotopic (exact) mass is 277 g/mol. The minimum absolute atomic E-state index is 0.0150. The lowest BCUT2D eigenvalue weighted by atomic mass is 10.2. The molecule has 0 saturated carbocycles. The van der Waals surface area contributed by atoms with Crippen LogP contribution >= 0.6 is 0 Å². The van der Waals surface area contributed by atoms with Crippen molar-refractivity contribution in [3.8, 4) is 5.75 Å². The van der Waals surface area contributed by atoms with E-state index in [9.17, 15) is 18.3 Å². The normalized spacial score (nSPS) is 10.9. The van der Waals surface area contributed by atoms with Gasteiger partial charge in [-0.05, 0) is 24.3 Å². The van der Waals surface area contributed by atoms with Crippen LogP contribution in [0.2, 0.25) is 0 Å². The van der Waals surface area contributed by atoms with Gasteiger partial charge in [-0.1, -0.05) is 30.3 Å². The number of sulfonamides is 1. The first kappa shape index (κ1) is 13.1. The van der Waals surface area contributed by atoms with Crippen LogP contribution < -0.4 is 4.72 Å². The Morgan fingerprint density at radius 2 is 1.53 bits per heavy atom. The van der Waals surface area contributed by atoms with Crippen molar-refractivity contribution in [3.05, 3.63) is 60.2 Å². The van der Waals surface area contributed by atoms with Gasteiger partial charge in [-0.2, -0.15) is 0 Å². The minimum Gasteiger partial charge on any atom is -0.507 e. The minimum atomic E-state index is -3.94. The van der Waals surface area contributed by atoms with Crippen LogP contribution in [0.5, 0.6) is 5.75 Å². The van der Waals surface area contributed by atoms with E-state index in [-0.39, 0.29) is 16.2 Å². The molecule has 0 spiro atoms. The first-order chi connectivity index (χ1) is 9.00. The van der Waals surface area contributed by atoms with Crippen molar-refractivity contribution in [1.29, 1.82) is 0 Å². The Morgan fingerprint density at radius 3 is 2.16 bits per heavy atom. The van der Waals surface area contributed by atoms with Gasteiger partial charge in [-0.25, -0.2) is 13.1 Å². The van der Waals surface area contributed by atoms with E-state index in [0.717, 1.165) is 0 Å². The molecule has 19 heavy (non-hydrogen) atoms. The number of hydrogen-bond donors (Lipinski definition) is 2. The fourth-order valence-electron chi connectivity index (χ4n) is 1.50. The second kappa shape index (κ2) is 5.11. The molecular weight excluding hydrogens is 266 g/mol. The Kier molecular flexibility index (Phi) is 3.52. The SMILES string of the molecule is O=C(NS(=O)(=O)c1ccccc1)c1ccccc1O. The lowest BCUT2D eigenvalue weighted by molar-refractivity contribution is 0.0979. The van der Waals surface area contributed by atoms with Gasteiger partial charge in [-0.15, -0.1) is 0 Å². The highest BCUT2D eigenvalue weighted by molar-refractivity contribution is 7.90. The molecule has 1 amide bonds. The molecule has 0 aliphatic carbocycles. The van der Waals surface area contributed by atoms with Gasteiger partial charge in [0, 0.05) is 0 Å². The maximum atomic E-state index is 11.9. The summed E-state index contributed by atoms with van der Waals surface area (Å²) in [6.45, 7) is 0. The van der Waals surface area contributed by atoms with Crippen molar-refractivity contribution in [3.63, 3.8) is 0 Å². The lowest BCUT2D eigenvalue weighted by Crippen LogP contribution is -2.30. The van der Waals surface area contributed by atoms with Gasteiger partial charge in [0.2, 0.25) is 0 Å². The zero-order chi connectivity index (χ0) is 13.9. The Labute approximate surface area is 110 Å². The van der Waals surface area contributed by atoms with Gasteiger partial charge in [0.15, 0.2) is 0 Å². The molecule has 0 saturated heterocycles. The standard InChI is InChI=1S/C13H11NO4S/c15-12-9-5-4-8-11(12)13(16)14-19(17,18)10-6-2-1-3-7-10/h1-9,15H,(H,14,16). The Balaban J connectivity index is 2.27. The molecule has 0 heterocycles. The number of hydrogen-bond acceptors (Lipinski definition) is 4. The molecule has 2 aromatic rings. The van der Waals surface area contributed by atoms with Crippen LogP contribution in [-0.4, -0.2) is 19.4 Å². The van der Waals surface area contributed by atoms with Crippen LogP contribution in [0.15, 0.2) is 59.5 Å². The number of phenolic OH excluding ortho intramolecular Hbond substituents is 1. The number of aromatic hydroxyl groups is 1. The van der Waals surface area contributed by atoms with Gasteiger partial charge < -0.3 is 5.11 Å². The van der Waals surface area contributed by atoms with Crippen LogP contribution in [0.1, 0.15) is 10.4 Å². The predicted octanol–water partition coefficient (Wildman–Crippen LogP) is 1.51. The van der Waals surface area contributed by atoms with E-state index in [0.29, 0.717) is 0 Å². The average molecular weight is 277 g/mol. The molecule has 98 valence electrons. The van der Waals surface area contributed by atoms with E-state index < -0.39 is 15.9 Å². The summed E-state index contributed by atoms with van der Waals surface area (Å²) >= 11 is 0. The Bertz CT molecular complexity index is 696. The smallest absolute Gasteiger partial charge is 0.268 e. The molecule has 0 fully saturated rings. The Hall–Kier alpha value is -2.34. The number of amides is 1. The summed E-state index contributed by atoms with van der Waals surface area (Å²) in [4.78, 5) is 11.8. The molecule has 0 unspecified atom stereocenters. The molecule has 6 heteroatoms. The first-order valence-electron chi connectivity index (χ1n) is 5.41. The van der Waals surface area contributed by atoms with Crippen molar-refractivity contribution >= 4 is 15.9 Å². The van der Waals surface area contributed by atoms with Gasteiger partial charge in [0.25, 0.3) is 15.9 Å². The van der Waals surface area contributed by atoms with E-state index in [4.69, 9.17) is 0 Å². The zero-order valence-electron chi connectivity index (χ0n) is 9.78. The summed E-state index contributed by atoms with van der Waals surface area (Å²) in [7, 11) is -3.94. The number of carbonyl (C=O) groups excluding carboxylic acids is 1. The molecule has 5 nitrogen and oxygen atoms in total. The van der Waals surface area contributed by atoms with Gasteiger partial charge in [0.1, 0.15) is 5.75 Å². The van der Waals surface area contributed by atoms with Gasteiger partial charge in [-0.3, -0.25) is 4.79 Å². The number of nitrogens with one attached hydrogen (secondary N) is 1. The van der Waals surface area contributed by atoms with E-state index in [1.807, 2.05) is 4.72 Å². The second-order valence-electron chi connectivity index (χ2n) is 3.76. The zero-order valence-corrected chi connectivity index (χ0v) is 10.6. The van der Waals surface area contributed by atoms with Crippen LogP contribution in [0.25, 0.3) is 0 Å². The third-order valence-electron chi connectivity index (χ3n) is 2.43. The number of para-hydroxylation sites is 1. The molecule has 0 aliphatic rings. The number of benzene rings is 2. The van der Waals surface area contributed by atoms with Crippen LogP contribution in [0, 0.1) is 0 Å². The van der Waals surface area contributed by atoms with Crippen LogP contribution in [-0.2, 0) is 10.0 Å². The predicted molar refractivity (Wildman–Crippen MR) is 69.2 cm³/mol. The molecule has 2 aromatic carbocycles.